The van der Waals surface area contributed by atoms with Gasteiger partial charge in [0, 0.05) is 27.2 Å². The van der Waals surface area contributed by atoms with Gasteiger partial charge in [0.2, 0.25) is 23.6 Å². The Morgan fingerprint density at radius 1 is 0.465 bits per heavy atom. The number of carboxylic acid groups (broad SMARTS) is 1. The molecule has 4 amide bonds. The normalized spacial score (nSPS) is 44.5. The van der Waals surface area contributed by atoms with Crippen molar-refractivity contribution < 1.29 is 210 Å². The molecule has 0 aromatic heterocycles. The molecule has 26 N–H and O–H groups in total. The predicted molar refractivity (Wildman–Crippen MR) is 307 cm³/mol. The van der Waals surface area contributed by atoms with Crippen molar-refractivity contribution in [3.8, 4) is 0 Å². The topological polar surface area (TPSA) is 742 Å². The Kier molecular flexibility index (Phi) is 30.0. The highest BCUT2D eigenvalue weighted by molar-refractivity contribution is 7.80. The van der Waals surface area contributed by atoms with Gasteiger partial charge in [0.25, 0.3) is 5.79 Å². The van der Waals surface area contributed by atoms with Crippen LogP contribution in [0.2, 0.25) is 0 Å². The summed E-state index contributed by atoms with van der Waals surface area (Å²) in [6.07, 6.45) is -69.0. The number of carbonyl (C=O) groups is 5. The first-order valence-electron chi connectivity index (χ1n) is 31.1. The molecule has 101 heavy (non-hydrogen) atoms. The summed E-state index contributed by atoms with van der Waals surface area (Å²) in [5.74, 6) is -9.66. The van der Waals surface area contributed by atoms with Crippen LogP contribution in [0, 0.1) is 0 Å². The molecule has 0 aromatic rings. The number of aliphatic hydroxyl groups is 20. The minimum absolute atomic E-state index is 0.789. The zero-order valence-electron chi connectivity index (χ0n) is 53.4. The van der Waals surface area contributed by atoms with Crippen LogP contribution in [0.3, 0.4) is 0 Å². The molecular formula is C53H88N4O43S. The van der Waals surface area contributed by atoms with Crippen LogP contribution in [0.15, 0.2) is 0 Å². The fraction of sp³-hybridized carbons (Fsp3) is 0.906. The van der Waals surface area contributed by atoms with Crippen molar-refractivity contribution >= 4 is 40.0 Å². The van der Waals surface area contributed by atoms with E-state index in [9.17, 15) is 144 Å². The maximum absolute atomic E-state index is 13.2. The summed E-state index contributed by atoms with van der Waals surface area (Å²) in [5.41, 5.74) is 0. The van der Waals surface area contributed by atoms with Crippen molar-refractivity contribution in [1.82, 2.24) is 21.3 Å². The zero-order chi connectivity index (χ0) is 75.2. The Balaban J connectivity index is 1.14. The van der Waals surface area contributed by atoms with E-state index in [1.165, 1.54) is 0 Å². The van der Waals surface area contributed by atoms with Gasteiger partial charge in [-0.2, -0.15) is 8.42 Å². The summed E-state index contributed by atoms with van der Waals surface area (Å²) < 4.78 is 113. The van der Waals surface area contributed by atoms with Gasteiger partial charge in [0.1, 0.15) is 171 Å². The van der Waals surface area contributed by atoms with Crippen molar-refractivity contribution in [3.05, 3.63) is 0 Å². The lowest BCUT2D eigenvalue weighted by atomic mass is 9.88. The van der Waals surface area contributed by atoms with E-state index in [1.54, 1.807) is 0 Å². The van der Waals surface area contributed by atoms with Gasteiger partial charge in [-0.15, -0.1) is 0 Å². The summed E-state index contributed by atoms with van der Waals surface area (Å²) >= 11 is 0. The molecule has 7 fully saturated rings. The van der Waals surface area contributed by atoms with Crippen LogP contribution in [-0.4, -0.2) is 423 Å². The van der Waals surface area contributed by atoms with E-state index in [0.29, 0.717) is 0 Å². The fourth-order valence-corrected chi connectivity index (χ4v) is 12.8. The Labute approximate surface area is 570 Å². The predicted octanol–water partition coefficient (Wildman–Crippen LogP) is -17.7. The lowest BCUT2D eigenvalue weighted by Gasteiger charge is -2.51. The third-order valence-electron chi connectivity index (χ3n) is 17.4. The van der Waals surface area contributed by atoms with E-state index >= 15 is 0 Å². The SMILES string of the molecule is CC(=O)N[C@@H]1[C@@H](O[C@@H]2O[C@H](CO)[C@H](O)[C@H](O[C@@H]3O[C@H](CO)[C@@H](O[C@@H]4O[C@H](CO)[C@H](O)[C@H](O[C@@H]5O[C@H](COS(=O)(=O)O)[C@@H](O[C@@H]6O[C@H](CO)[C@H](O)[C@H](O[C@]7(C(=O)O)C[C@H](O)[C@@H](NC(=O)CO)[C@H]([C@H](O)[C@H](O)CO)O7)[C@H]6O)[C@H](O)[C@H]5NC(C)=O)[C@H]4O)[C@H](O)[C@H]3NC(C)=O)[C@H]2O)[C@@H](O)[C@@H](CO)O[C@H]1O. The van der Waals surface area contributed by atoms with Crippen molar-refractivity contribution in [3.63, 3.8) is 0 Å². The largest absolute Gasteiger partial charge is 0.477 e. The Bertz CT molecular complexity index is 2830. The van der Waals surface area contributed by atoms with Crippen LogP contribution < -0.4 is 21.3 Å². The van der Waals surface area contributed by atoms with E-state index in [-0.39, 0.29) is 0 Å². The third-order valence-corrected chi connectivity index (χ3v) is 17.9. The van der Waals surface area contributed by atoms with Gasteiger partial charge in [0.15, 0.2) is 37.7 Å². The molecule has 0 unspecified atom stereocenters. The maximum atomic E-state index is 13.2. The minimum atomic E-state index is -5.55. The highest BCUT2D eigenvalue weighted by Gasteiger charge is 2.62. The summed E-state index contributed by atoms with van der Waals surface area (Å²) in [5, 5.41) is 239. The molecule has 7 saturated heterocycles. The van der Waals surface area contributed by atoms with Gasteiger partial charge in [0.05, 0.1) is 58.4 Å². The average molecular weight is 1500 g/mol. The minimum Gasteiger partial charge on any atom is -0.477 e. The lowest BCUT2D eigenvalue weighted by Crippen LogP contribution is -2.71. The summed E-state index contributed by atoms with van der Waals surface area (Å²) in [4.78, 5) is 63.3. The molecule has 36 atom stereocenters. The van der Waals surface area contributed by atoms with E-state index in [0.717, 1.165) is 20.8 Å². The number of amides is 4. The van der Waals surface area contributed by atoms with Crippen molar-refractivity contribution in [2.24, 2.45) is 0 Å². The Morgan fingerprint density at radius 3 is 1.26 bits per heavy atom. The molecule has 7 aliphatic heterocycles. The second-order valence-corrected chi connectivity index (χ2v) is 25.6. The molecule has 0 aliphatic carbocycles. The summed E-state index contributed by atoms with van der Waals surface area (Å²) in [6, 6.07) is -7.62. The maximum Gasteiger partial charge on any atom is 0.397 e. The van der Waals surface area contributed by atoms with E-state index in [4.69, 9.17) is 61.6 Å². The molecule has 7 heterocycles. The van der Waals surface area contributed by atoms with Gasteiger partial charge >= 0.3 is 16.4 Å². The third kappa shape index (κ3) is 19.4. The summed E-state index contributed by atoms with van der Waals surface area (Å²) in [7, 11) is -5.55. The number of ether oxygens (including phenoxy) is 13. The Hall–Kier alpha value is -4.10. The molecule has 0 radical (unpaired) electrons. The number of nitrogens with one attached hydrogen (secondary N) is 4. The molecule has 7 aliphatic rings. The van der Waals surface area contributed by atoms with Gasteiger partial charge in [-0.25, -0.2) is 8.98 Å². The van der Waals surface area contributed by atoms with Crippen molar-refractivity contribution in [1.29, 1.82) is 0 Å². The van der Waals surface area contributed by atoms with Gasteiger partial charge < -0.3 is 190 Å². The number of hydrogen-bond acceptors (Lipinski definition) is 41. The second kappa shape index (κ2) is 36.0. The molecule has 47 nitrogen and oxygen atoms in total. The molecule has 584 valence electrons. The monoisotopic (exact) mass is 1500 g/mol. The molecule has 0 spiro atoms. The highest BCUT2D eigenvalue weighted by Crippen LogP contribution is 2.41. The van der Waals surface area contributed by atoms with Crippen LogP contribution >= 0.6 is 0 Å². The molecule has 0 aromatic carbocycles. The number of aliphatic hydroxyl groups excluding tert-OH is 20. The first-order valence-corrected chi connectivity index (χ1v) is 32.4. The van der Waals surface area contributed by atoms with Gasteiger partial charge in [-0.3, -0.25) is 23.7 Å². The molecule has 0 bridgehead atoms. The number of rotatable bonds is 29. The first kappa shape index (κ1) is 84.2. The van der Waals surface area contributed by atoms with Crippen LogP contribution in [0.5, 0.6) is 0 Å². The quantitative estimate of drug-likeness (QED) is 0.0309. The number of carboxylic acids is 1. The van der Waals surface area contributed by atoms with Crippen molar-refractivity contribution in [2.45, 2.75) is 247 Å². The average Bonchev–Trinajstić information content (AvgIpc) is 0.763. The van der Waals surface area contributed by atoms with E-state index < -0.39 is 320 Å². The molecule has 7 rings (SSSR count). The standard InChI is InChI=1S/C53H88N4O43S/c1-13(65)54-26-34(76)39(22(10-63)92-47(26)97-44-32(74)20(8-61)90-50(37(44)79)96-41-28(56-15(3)67)46(81)88-18(6-59)30(41)72)94-49-36(78)43(31(73)19(7-60)89-49)98-48-27(55-14(2)66)35(77)40(23(93-48)12-87-101(84,85)86)95-51-38(80)45(33(75)21(9-62)91-51)100-53(52(82)83)4-16(68)25(57-24(70)11-64)42(99-53)29(71)17(69)5-58/h16-23,25-51,58-64,68-69,71-81H,4-12H2,1-3H3,(H,54,65)(H,55,66)(H,56,67)(H,57,70)(H,82,83)(H,84,85,86)/t16-,17+,18+,19+,20+,21+,22+,23+,25+,26+,27+,28+,29+,30-,31-,32-,33-,34+,35+,36+,37+,38+,39+,40+,41+,42+,43-,44-,45-,46+,47-,48-,49-,50-,51-,53-/m0/s1. The molecule has 48 heteroatoms. The van der Waals surface area contributed by atoms with Crippen LogP contribution in [0.1, 0.15) is 27.2 Å². The molecule has 0 saturated carbocycles. The van der Waals surface area contributed by atoms with Crippen molar-refractivity contribution in [2.75, 3.05) is 52.9 Å². The van der Waals surface area contributed by atoms with Crippen LogP contribution in [-0.2, 0) is 100 Å². The number of hydrogen-bond donors (Lipinski definition) is 26. The van der Waals surface area contributed by atoms with E-state index in [1.807, 2.05) is 5.32 Å². The van der Waals surface area contributed by atoms with Gasteiger partial charge in [-0.1, -0.05) is 0 Å². The highest BCUT2D eigenvalue weighted by atomic mass is 32.3. The van der Waals surface area contributed by atoms with Crippen LogP contribution in [0.25, 0.3) is 0 Å². The Morgan fingerprint density at radius 2 is 0.842 bits per heavy atom. The number of aliphatic carboxylic acids is 1. The van der Waals surface area contributed by atoms with Crippen LogP contribution in [0.4, 0.5) is 0 Å². The van der Waals surface area contributed by atoms with Gasteiger partial charge in [-0.05, 0) is 0 Å². The molecular weight excluding hydrogens is 1410 g/mol. The zero-order valence-corrected chi connectivity index (χ0v) is 54.2. The second-order valence-electron chi connectivity index (χ2n) is 24.5. The smallest absolute Gasteiger partial charge is 0.397 e. The van der Waals surface area contributed by atoms with E-state index in [2.05, 4.69) is 20.1 Å². The lowest BCUT2D eigenvalue weighted by molar-refractivity contribution is -0.391. The fourth-order valence-electron chi connectivity index (χ4n) is 12.5. The first-order chi connectivity index (χ1) is 47.4. The number of carbonyl (C=O) groups excluding carboxylic acids is 4. The summed E-state index contributed by atoms with van der Waals surface area (Å²) in [6.45, 7) is -6.84.